The molecule has 1 aromatic carbocycles. The second-order valence-corrected chi connectivity index (χ2v) is 5.72. The summed E-state index contributed by atoms with van der Waals surface area (Å²) in [7, 11) is 2.33. The van der Waals surface area contributed by atoms with Crippen molar-refractivity contribution < 1.29 is 28.7 Å². The summed E-state index contributed by atoms with van der Waals surface area (Å²) in [6.45, 7) is 0. The Morgan fingerprint density at radius 2 is 1.83 bits per heavy atom. The number of benzene rings is 1. The summed E-state index contributed by atoms with van der Waals surface area (Å²) in [5, 5.41) is 11.2. The van der Waals surface area contributed by atoms with Crippen LogP contribution in [0.25, 0.3) is 0 Å². The monoisotopic (exact) mass is 371 g/mol. The first kappa shape index (κ1) is 17.7. The number of halogens is 1. The number of hydrogen-bond acceptors (Lipinski definition) is 8. The van der Waals surface area contributed by atoms with Crippen molar-refractivity contribution in [3.63, 3.8) is 0 Å². The van der Waals surface area contributed by atoms with Crippen LogP contribution < -0.4 is 4.74 Å². The molecule has 0 aliphatic carbocycles. The molecule has 8 nitrogen and oxygen atoms in total. The number of nitro groups is 1. The standard InChI is InChI=1S/C14H10ClNO7S/c1-21-12(17)8-5-7(15)3-4-10(8)23-14-9(16(19)20)6-11(24-14)13(18)22-2/h3-6H,1-2H3. The quantitative estimate of drug-likeness (QED) is 0.448. The largest absolute Gasteiger partial charge is 0.465 e. The van der Waals surface area contributed by atoms with Crippen LogP contribution in [0.4, 0.5) is 5.69 Å². The van der Waals surface area contributed by atoms with Gasteiger partial charge in [0.1, 0.15) is 16.2 Å². The lowest BCUT2D eigenvalue weighted by atomic mass is 10.2. The van der Waals surface area contributed by atoms with Crippen molar-refractivity contribution in [2.45, 2.75) is 0 Å². The molecule has 2 aromatic rings. The van der Waals surface area contributed by atoms with Crippen LogP contribution in [0.5, 0.6) is 10.8 Å². The maximum atomic E-state index is 11.8. The predicted octanol–water partition coefficient (Wildman–Crippen LogP) is 3.68. The molecule has 0 aliphatic rings. The van der Waals surface area contributed by atoms with Crippen molar-refractivity contribution in [1.82, 2.24) is 0 Å². The van der Waals surface area contributed by atoms with Gasteiger partial charge in [-0.25, -0.2) is 9.59 Å². The van der Waals surface area contributed by atoms with E-state index in [1.807, 2.05) is 0 Å². The molecule has 0 spiro atoms. The average molecular weight is 372 g/mol. The predicted molar refractivity (Wildman–Crippen MR) is 85.2 cm³/mol. The van der Waals surface area contributed by atoms with E-state index >= 15 is 0 Å². The van der Waals surface area contributed by atoms with Crippen LogP contribution in [0, 0.1) is 10.1 Å². The van der Waals surface area contributed by atoms with E-state index in [-0.39, 0.29) is 26.3 Å². The Bertz CT molecular complexity index is 817. The molecule has 0 amide bonds. The zero-order valence-corrected chi connectivity index (χ0v) is 14.0. The Balaban J connectivity index is 2.48. The van der Waals surface area contributed by atoms with Crippen molar-refractivity contribution >= 4 is 40.6 Å². The van der Waals surface area contributed by atoms with Crippen LogP contribution in [0.15, 0.2) is 24.3 Å². The van der Waals surface area contributed by atoms with Gasteiger partial charge in [0, 0.05) is 11.1 Å². The number of methoxy groups -OCH3 is 2. The van der Waals surface area contributed by atoms with Gasteiger partial charge in [-0.15, -0.1) is 0 Å². The minimum absolute atomic E-state index is 0.00668. The van der Waals surface area contributed by atoms with E-state index in [2.05, 4.69) is 9.47 Å². The normalized spacial score (nSPS) is 10.1. The topological polar surface area (TPSA) is 105 Å². The first-order valence-electron chi connectivity index (χ1n) is 6.29. The summed E-state index contributed by atoms with van der Waals surface area (Å²) >= 11 is 6.56. The summed E-state index contributed by atoms with van der Waals surface area (Å²) in [6, 6.07) is 5.17. The van der Waals surface area contributed by atoms with Crippen LogP contribution in [0.3, 0.4) is 0 Å². The molecule has 10 heteroatoms. The Labute approximate surface area is 144 Å². The van der Waals surface area contributed by atoms with E-state index < -0.39 is 22.5 Å². The molecule has 24 heavy (non-hydrogen) atoms. The van der Waals surface area contributed by atoms with E-state index in [0.717, 1.165) is 24.5 Å². The number of rotatable bonds is 5. The number of esters is 2. The number of hydrogen-bond donors (Lipinski definition) is 0. The summed E-state index contributed by atoms with van der Waals surface area (Å²) in [4.78, 5) is 33.8. The van der Waals surface area contributed by atoms with E-state index in [4.69, 9.17) is 16.3 Å². The lowest BCUT2D eigenvalue weighted by Gasteiger charge is -2.08. The van der Waals surface area contributed by atoms with Gasteiger partial charge in [0.05, 0.1) is 19.1 Å². The lowest BCUT2D eigenvalue weighted by Crippen LogP contribution is -2.03. The Morgan fingerprint density at radius 1 is 1.17 bits per heavy atom. The summed E-state index contributed by atoms with van der Waals surface area (Å²) in [5.74, 6) is -1.45. The number of thiophene rings is 1. The highest BCUT2D eigenvalue weighted by Gasteiger charge is 2.26. The summed E-state index contributed by atoms with van der Waals surface area (Å²) in [5.41, 5.74) is -0.432. The molecule has 1 aromatic heterocycles. The van der Waals surface area contributed by atoms with Crippen LogP contribution in [0.2, 0.25) is 5.02 Å². The van der Waals surface area contributed by atoms with Gasteiger partial charge in [-0.05, 0) is 18.2 Å². The molecule has 0 N–H and O–H groups in total. The molecule has 0 unspecified atom stereocenters. The van der Waals surface area contributed by atoms with Crippen LogP contribution >= 0.6 is 22.9 Å². The molecule has 1 heterocycles. The third kappa shape index (κ3) is 3.63. The molecule has 2 rings (SSSR count). The van der Waals surface area contributed by atoms with Crippen LogP contribution in [-0.2, 0) is 9.47 Å². The third-order valence-electron chi connectivity index (χ3n) is 2.81. The van der Waals surface area contributed by atoms with Gasteiger partial charge in [-0.3, -0.25) is 10.1 Å². The Morgan fingerprint density at radius 3 is 2.42 bits per heavy atom. The second-order valence-electron chi connectivity index (χ2n) is 4.27. The zero-order valence-electron chi connectivity index (χ0n) is 12.4. The first-order valence-corrected chi connectivity index (χ1v) is 7.49. The fraction of sp³-hybridized carbons (Fsp3) is 0.143. The minimum atomic E-state index is -0.734. The number of nitrogens with zero attached hydrogens (tertiary/aromatic N) is 1. The molecule has 0 radical (unpaired) electrons. The number of ether oxygens (including phenoxy) is 3. The highest BCUT2D eigenvalue weighted by atomic mass is 35.5. The van der Waals surface area contributed by atoms with Gasteiger partial charge in [-0.1, -0.05) is 22.9 Å². The Hall–Kier alpha value is -2.65. The molecule has 0 fully saturated rings. The number of carbonyl (C=O) groups excluding carboxylic acids is 2. The van der Waals surface area contributed by atoms with Crippen molar-refractivity contribution in [2.75, 3.05) is 14.2 Å². The first-order chi connectivity index (χ1) is 11.4. The van der Waals surface area contributed by atoms with Gasteiger partial charge in [0.15, 0.2) is 0 Å². The van der Waals surface area contributed by atoms with E-state index in [1.165, 1.54) is 25.3 Å². The fourth-order valence-electron chi connectivity index (χ4n) is 1.73. The Kier molecular flexibility index (Phi) is 5.37. The molecule has 0 atom stereocenters. The molecule has 0 aliphatic heterocycles. The van der Waals surface area contributed by atoms with Gasteiger partial charge in [-0.2, -0.15) is 0 Å². The highest BCUT2D eigenvalue weighted by molar-refractivity contribution is 7.16. The average Bonchev–Trinajstić information content (AvgIpc) is 2.99. The lowest BCUT2D eigenvalue weighted by molar-refractivity contribution is -0.385. The van der Waals surface area contributed by atoms with Crippen molar-refractivity contribution in [1.29, 1.82) is 0 Å². The smallest absolute Gasteiger partial charge is 0.348 e. The maximum absolute atomic E-state index is 11.8. The molecule has 0 saturated heterocycles. The number of carbonyl (C=O) groups is 2. The molecular formula is C14H10ClNO7S. The summed E-state index contributed by atoms with van der Waals surface area (Å²) < 4.78 is 14.6. The zero-order chi connectivity index (χ0) is 17.9. The van der Waals surface area contributed by atoms with Gasteiger partial charge in [0.25, 0.3) is 5.06 Å². The third-order valence-corrected chi connectivity index (χ3v) is 4.03. The SMILES string of the molecule is COC(=O)c1cc([N+](=O)[O-])c(Oc2ccc(Cl)cc2C(=O)OC)s1. The molecule has 0 saturated carbocycles. The van der Waals surface area contributed by atoms with E-state index in [1.54, 1.807) is 0 Å². The fourth-order valence-corrected chi connectivity index (χ4v) is 2.81. The van der Waals surface area contributed by atoms with Crippen molar-refractivity contribution in [2.24, 2.45) is 0 Å². The van der Waals surface area contributed by atoms with E-state index in [0.29, 0.717) is 0 Å². The molecule has 126 valence electrons. The van der Waals surface area contributed by atoms with Crippen LogP contribution in [-0.4, -0.2) is 31.1 Å². The second kappa shape index (κ2) is 7.28. The molecule has 0 bridgehead atoms. The van der Waals surface area contributed by atoms with Crippen molar-refractivity contribution in [3.05, 3.63) is 49.8 Å². The van der Waals surface area contributed by atoms with Gasteiger partial charge >= 0.3 is 17.6 Å². The maximum Gasteiger partial charge on any atom is 0.348 e. The van der Waals surface area contributed by atoms with Gasteiger partial charge in [0.2, 0.25) is 0 Å². The molecular weight excluding hydrogens is 362 g/mol. The highest BCUT2D eigenvalue weighted by Crippen LogP contribution is 2.41. The minimum Gasteiger partial charge on any atom is -0.465 e. The van der Waals surface area contributed by atoms with Gasteiger partial charge < -0.3 is 14.2 Å². The van der Waals surface area contributed by atoms with Crippen LogP contribution in [0.1, 0.15) is 20.0 Å². The van der Waals surface area contributed by atoms with Crippen molar-refractivity contribution in [3.8, 4) is 10.8 Å². The summed E-state index contributed by atoms with van der Waals surface area (Å²) in [6.07, 6.45) is 0. The van der Waals surface area contributed by atoms with E-state index in [9.17, 15) is 19.7 Å².